The van der Waals surface area contributed by atoms with Crippen molar-refractivity contribution in [1.29, 1.82) is 0 Å². The Bertz CT molecular complexity index is 804. The first kappa shape index (κ1) is 19.8. The van der Waals surface area contributed by atoms with Gasteiger partial charge in [0.2, 0.25) is 0 Å². The summed E-state index contributed by atoms with van der Waals surface area (Å²) in [7, 11) is 1.57. The number of alkyl halides is 3. The van der Waals surface area contributed by atoms with E-state index in [9.17, 15) is 18.0 Å². The monoisotopic (exact) mass is 395 g/mol. The molecule has 2 aromatic rings. The van der Waals surface area contributed by atoms with Crippen molar-refractivity contribution in [2.45, 2.75) is 6.18 Å². The molecule has 1 aromatic heterocycles. The van der Waals surface area contributed by atoms with E-state index in [2.05, 4.69) is 4.98 Å². The van der Waals surface area contributed by atoms with Crippen LogP contribution in [0, 0.1) is 0 Å². The average Bonchev–Trinajstić information content (AvgIpc) is 2.72. The van der Waals surface area contributed by atoms with Crippen molar-refractivity contribution in [3.05, 3.63) is 48.2 Å². The van der Waals surface area contributed by atoms with E-state index < -0.39 is 18.3 Å². The molecule has 0 saturated carbocycles. The Morgan fingerprint density at radius 1 is 1.11 bits per heavy atom. The van der Waals surface area contributed by atoms with Crippen LogP contribution < -0.4 is 14.4 Å². The molecule has 0 aliphatic carbocycles. The van der Waals surface area contributed by atoms with Gasteiger partial charge >= 0.3 is 6.18 Å². The molecule has 0 radical (unpaired) electrons. The number of amides is 1. The lowest BCUT2D eigenvalue weighted by Crippen LogP contribution is -2.50. The molecule has 0 spiro atoms. The fourth-order valence-electron chi connectivity index (χ4n) is 2.92. The van der Waals surface area contributed by atoms with E-state index in [1.165, 1.54) is 18.2 Å². The van der Waals surface area contributed by atoms with Gasteiger partial charge in [0.05, 0.1) is 18.9 Å². The first-order valence-electron chi connectivity index (χ1n) is 8.70. The molecule has 9 heteroatoms. The number of halogens is 3. The number of rotatable bonds is 5. The molecule has 1 saturated heterocycles. The first-order valence-corrected chi connectivity index (χ1v) is 8.70. The van der Waals surface area contributed by atoms with E-state index >= 15 is 0 Å². The summed E-state index contributed by atoms with van der Waals surface area (Å²) in [6.07, 6.45) is -2.91. The van der Waals surface area contributed by atoms with E-state index in [4.69, 9.17) is 9.47 Å². The molecule has 1 fully saturated rings. The highest BCUT2D eigenvalue weighted by Gasteiger charge is 2.34. The number of hydrogen-bond donors (Lipinski definition) is 0. The normalized spacial score (nSPS) is 14.7. The Morgan fingerprint density at radius 2 is 1.82 bits per heavy atom. The lowest BCUT2D eigenvalue weighted by molar-refractivity contribution is -0.141. The lowest BCUT2D eigenvalue weighted by atomic mass is 10.2. The predicted molar refractivity (Wildman–Crippen MR) is 96.5 cm³/mol. The molecule has 1 aromatic carbocycles. The number of methoxy groups -OCH3 is 1. The summed E-state index contributed by atoms with van der Waals surface area (Å²) >= 11 is 0. The number of ether oxygens (including phenoxy) is 2. The molecule has 0 atom stereocenters. The fourth-order valence-corrected chi connectivity index (χ4v) is 2.92. The Hall–Kier alpha value is -2.97. The molecular weight excluding hydrogens is 375 g/mol. The number of piperazine rings is 1. The van der Waals surface area contributed by atoms with Gasteiger partial charge in [-0.2, -0.15) is 13.2 Å². The SMILES string of the molecule is COc1ccc(N2CCN(C(=O)COc3ccccc3C(F)(F)F)CC2)nc1. The molecule has 150 valence electrons. The van der Waals surface area contributed by atoms with Gasteiger partial charge in [-0.15, -0.1) is 0 Å². The van der Waals surface area contributed by atoms with E-state index in [-0.39, 0.29) is 11.7 Å². The number of nitrogens with zero attached hydrogens (tertiary/aromatic N) is 3. The van der Waals surface area contributed by atoms with Gasteiger partial charge in [0, 0.05) is 26.2 Å². The van der Waals surface area contributed by atoms with Gasteiger partial charge < -0.3 is 19.3 Å². The van der Waals surface area contributed by atoms with Crippen molar-refractivity contribution in [3.63, 3.8) is 0 Å². The summed E-state index contributed by atoms with van der Waals surface area (Å²) in [5, 5.41) is 0. The second kappa shape index (κ2) is 8.37. The van der Waals surface area contributed by atoms with Crippen LogP contribution in [-0.2, 0) is 11.0 Å². The third-order valence-corrected chi connectivity index (χ3v) is 4.46. The van der Waals surface area contributed by atoms with Crippen LogP contribution >= 0.6 is 0 Å². The maximum Gasteiger partial charge on any atom is 0.419 e. The molecule has 1 amide bonds. The molecule has 0 N–H and O–H groups in total. The van der Waals surface area contributed by atoms with Gasteiger partial charge in [-0.1, -0.05) is 12.1 Å². The average molecular weight is 395 g/mol. The number of hydrogen-bond acceptors (Lipinski definition) is 5. The van der Waals surface area contributed by atoms with Crippen LogP contribution in [0.5, 0.6) is 11.5 Å². The van der Waals surface area contributed by atoms with E-state index in [1.54, 1.807) is 18.2 Å². The third kappa shape index (κ3) is 4.65. The van der Waals surface area contributed by atoms with E-state index in [0.717, 1.165) is 11.9 Å². The van der Waals surface area contributed by atoms with Gasteiger partial charge in [-0.05, 0) is 24.3 Å². The van der Waals surface area contributed by atoms with Gasteiger partial charge in [-0.25, -0.2) is 4.98 Å². The van der Waals surface area contributed by atoms with Gasteiger partial charge in [0.15, 0.2) is 6.61 Å². The molecule has 6 nitrogen and oxygen atoms in total. The Morgan fingerprint density at radius 3 is 2.43 bits per heavy atom. The largest absolute Gasteiger partial charge is 0.495 e. The quantitative estimate of drug-likeness (QED) is 0.779. The summed E-state index contributed by atoms with van der Waals surface area (Å²) in [6.45, 7) is 1.59. The van der Waals surface area contributed by atoms with Crippen LogP contribution in [0.1, 0.15) is 5.56 Å². The number of benzene rings is 1. The van der Waals surface area contributed by atoms with Crippen molar-refractivity contribution in [3.8, 4) is 11.5 Å². The van der Waals surface area contributed by atoms with Crippen LogP contribution in [0.3, 0.4) is 0 Å². The number of carbonyl (C=O) groups is 1. The number of aromatic nitrogens is 1. The predicted octanol–water partition coefficient (Wildman–Crippen LogP) is 2.84. The van der Waals surface area contributed by atoms with Crippen LogP contribution in [0.4, 0.5) is 19.0 Å². The molecule has 2 heterocycles. The molecule has 0 bridgehead atoms. The highest BCUT2D eigenvalue weighted by atomic mass is 19.4. The zero-order valence-electron chi connectivity index (χ0n) is 15.3. The highest BCUT2D eigenvalue weighted by molar-refractivity contribution is 5.78. The third-order valence-electron chi connectivity index (χ3n) is 4.46. The van der Waals surface area contributed by atoms with Crippen LogP contribution in [0.25, 0.3) is 0 Å². The molecule has 3 rings (SSSR count). The summed E-state index contributed by atoms with van der Waals surface area (Å²) < 4.78 is 49.2. The van der Waals surface area contributed by atoms with Crippen molar-refractivity contribution in [2.24, 2.45) is 0 Å². The van der Waals surface area contributed by atoms with Gasteiger partial charge in [0.1, 0.15) is 17.3 Å². The highest BCUT2D eigenvalue weighted by Crippen LogP contribution is 2.35. The minimum absolute atomic E-state index is 0.343. The number of anilines is 1. The van der Waals surface area contributed by atoms with Crippen molar-refractivity contribution < 1.29 is 27.4 Å². The zero-order chi connectivity index (χ0) is 20.1. The summed E-state index contributed by atoms with van der Waals surface area (Å²) in [6, 6.07) is 8.52. The smallest absolute Gasteiger partial charge is 0.419 e. The standard InChI is InChI=1S/C19H20F3N3O3/c1-27-14-6-7-17(23-12-14)24-8-10-25(11-9-24)18(26)13-28-16-5-3-2-4-15(16)19(20,21)22/h2-7,12H,8-11,13H2,1H3. The second-order valence-electron chi connectivity index (χ2n) is 6.21. The fraction of sp³-hybridized carbons (Fsp3) is 0.368. The van der Waals surface area contributed by atoms with Crippen LogP contribution in [0.2, 0.25) is 0 Å². The van der Waals surface area contributed by atoms with Crippen LogP contribution in [-0.4, -0.2) is 55.7 Å². The number of pyridine rings is 1. The summed E-state index contributed by atoms with van der Waals surface area (Å²) in [4.78, 5) is 20.3. The van der Waals surface area contributed by atoms with Gasteiger partial charge in [-0.3, -0.25) is 4.79 Å². The maximum atomic E-state index is 13.0. The van der Waals surface area contributed by atoms with E-state index in [1.807, 2.05) is 17.0 Å². The van der Waals surface area contributed by atoms with Crippen molar-refractivity contribution in [2.75, 3.05) is 44.8 Å². The molecular formula is C19H20F3N3O3. The maximum absolute atomic E-state index is 13.0. The van der Waals surface area contributed by atoms with Crippen LogP contribution in [0.15, 0.2) is 42.6 Å². The minimum atomic E-state index is -4.53. The van der Waals surface area contributed by atoms with Crippen molar-refractivity contribution >= 4 is 11.7 Å². The Kier molecular flexibility index (Phi) is 5.91. The Labute approximate surface area is 160 Å². The number of carbonyl (C=O) groups excluding carboxylic acids is 1. The molecule has 1 aliphatic heterocycles. The molecule has 0 unspecified atom stereocenters. The lowest BCUT2D eigenvalue weighted by Gasteiger charge is -2.35. The topological polar surface area (TPSA) is 54.9 Å². The van der Waals surface area contributed by atoms with Gasteiger partial charge in [0.25, 0.3) is 5.91 Å². The molecule has 28 heavy (non-hydrogen) atoms. The van der Waals surface area contributed by atoms with Crippen molar-refractivity contribution in [1.82, 2.24) is 9.88 Å². The van der Waals surface area contributed by atoms with E-state index in [0.29, 0.717) is 31.9 Å². The summed E-state index contributed by atoms with van der Waals surface area (Å²) in [5.41, 5.74) is -0.891. The minimum Gasteiger partial charge on any atom is -0.495 e. The molecule has 1 aliphatic rings. The first-order chi connectivity index (χ1) is 13.4. The second-order valence-corrected chi connectivity index (χ2v) is 6.21. The Balaban J connectivity index is 1.53. The number of para-hydroxylation sites is 1. The summed E-state index contributed by atoms with van der Waals surface area (Å²) in [5.74, 6) is 0.751. The zero-order valence-corrected chi connectivity index (χ0v) is 15.3.